The van der Waals surface area contributed by atoms with Crippen molar-refractivity contribution < 1.29 is 39.5 Å². The average molecular weight is 567 g/mol. The van der Waals surface area contributed by atoms with Crippen LogP contribution >= 0.6 is 0 Å². The Morgan fingerprint density at radius 1 is 1.12 bits per heavy atom. The van der Waals surface area contributed by atoms with Crippen molar-refractivity contribution in [2.75, 3.05) is 13.7 Å². The van der Waals surface area contributed by atoms with Crippen LogP contribution in [0.4, 0.5) is 0 Å². The van der Waals surface area contributed by atoms with E-state index in [1.807, 2.05) is 0 Å². The molecule has 1 aromatic carbocycles. The van der Waals surface area contributed by atoms with E-state index >= 15 is 0 Å². The minimum atomic E-state index is -2.58. The summed E-state index contributed by atoms with van der Waals surface area (Å²) in [5, 5.41) is 47.5. The summed E-state index contributed by atoms with van der Waals surface area (Å²) in [6.45, 7) is 6.02. The monoisotopic (exact) mass is 566 g/mol. The number of primary amides is 1. The molecule has 6 atom stereocenters. The first-order chi connectivity index (χ1) is 19.3. The second kappa shape index (κ2) is 9.32. The number of aliphatic hydroxyl groups excluding tert-OH is 2. The van der Waals surface area contributed by atoms with Gasteiger partial charge >= 0.3 is 0 Å². The Labute approximate surface area is 238 Å². The highest BCUT2D eigenvalue weighted by molar-refractivity contribution is 6.24. The van der Waals surface area contributed by atoms with Gasteiger partial charge in [0, 0.05) is 35.6 Å². The number of ketones is 2. The molecule has 0 spiro atoms. The molecule has 220 valence electrons. The first-order valence-electron chi connectivity index (χ1n) is 14.4. The third-order valence-electron chi connectivity index (χ3n) is 11.0. The van der Waals surface area contributed by atoms with E-state index in [2.05, 4.69) is 19.2 Å². The molecule has 0 aliphatic heterocycles. The normalized spacial score (nSPS) is 33.5. The lowest BCUT2D eigenvalue weighted by Gasteiger charge is -2.60. The molecule has 3 fully saturated rings. The van der Waals surface area contributed by atoms with E-state index in [0.29, 0.717) is 40.7 Å². The zero-order valence-electron chi connectivity index (χ0n) is 23.6. The summed E-state index contributed by atoms with van der Waals surface area (Å²) in [5.74, 6) is -3.85. The SMILES string of the molecule is COc1c(CNC[C@@H]2CCC3CC2C3(C)C)cc(O)c2c1CC1C[C@H]3CC(O)=C(C(N)=O)C(=O)[C@@]3(O)C(O)=C1C2=O. The number of carbonyl (C=O) groups is 3. The van der Waals surface area contributed by atoms with Gasteiger partial charge in [-0.25, -0.2) is 0 Å². The summed E-state index contributed by atoms with van der Waals surface area (Å²) < 4.78 is 5.78. The van der Waals surface area contributed by atoms with Crippen LogP contribution in [-0.4, -0.2) is 57.2 Å². The zero-order chi connectivity index (χ0) is 29.6. The Balaban J connectivity index is 1.30. The van der Waals surface area contributed by atoms with Gasteiger partial charge in [0.2, 0.25) is 5.78 Å². The molecule has 41 heavy (non-hydrogen) atoms. The van der Waals surface area contributed by atoms with Crippen molar-refractivity contribution in [3.8, 4) is 11.5 Å². The minimum absolute atomic E-state index is 0.0447. The number of hydrogen-bond acceptors (Lipinski definition) is 9. The molecule has 3 unspecified atom stereocenters. The average Bonchev–Trinajstić information content (AvgIpc) is 2.90. The molecule has 7 N–H and O–H groups in total. The molecule has 0 radical (unpaired) electrons. The molecule has 3 saturated carbocycles. The van der Waals surface area contributed by atoms with Crippen LogP contribution in [0, 0.1) is 35.0 Å². The van der Waals surface area contributed by atoms with Crippen LogP contribution in [-0.2, 0) is 22.6 Å². The molecule has 2 bridgehead atoms. The van der Waals surface area contributed by atoms with E-state index in [0.717, 1.165) is 12.5 Å². The fourth-order valence-corrected chi connectivity index (χ4v) is 8.72. The Kier molecular flexibility index (Phi) is 6.32. The van der Waals surface area contributed by atoms with Gasteiger partial charge in [0.25, 0.3) is 5.91 Å². The maximum atomic E-state index is 13.8. The molecule has 6 aliphatic rings. The van der Waals surface area contributed by atoms with E-state index in [1.165, 1.54) is 32.4 Å². The molecule has 10 heteroatoms. The molecular weight excluding hydrogens is 528 g/mol. The zero-order valence-corrected chi connectivity index (χ0v) is 23.6. The van der Waals surface area contributed by atoms with E-state index in [1.54, 1.807) is 0 Å². The number of hydrogen-bond donors (Lipinski definition) is 6. The van der Waals surface area contributed by atoms with Gasteiger partial charge in [0.15, 0.2) is 11.4 Å². The summed E-state index contributed by atoms with van der Waals surface area (Å²) in [7, 11) is 1.51. The second-order valence-corrected chi connectivity index (χ2v) is 13.2. The quantitative estimate of drug-likeness (QED) is 0.282. The molecule has 0 aromatic heterocycles. The number of allylic oxidation sites excluding steroid dienone is 2. The highest BCUT2D eigenvalue weighted by atomic mass is 16.5. The van der Waals surface area contributed by atoms with Gasteiger partial charge in [0.1, 0.15) is 28.6 Å². The van der Waals surface area contributed by atoms with Crippen molar-refractivity contribution in [3.63, 3.8) is 0 Å². The van der Waals surface area contributed by atoms with Crippen molar-refractivity contribution in [2.24, 2.45) is 40.7 Å². The van der Waals surface area contributed by atoms with E-state index in [-0.39, 0.29) is 36.1 Å². The predicted octanol–water partition coefficient (Wildman–Crippen LogP) is 2.75. The van der Waals surface area contributed by atoms with Gasteiger partial charge in [-0.3, -0.25) is 14.4 Å². The largest absolute Gasteiger partial charge is 0.511 e. The number of ether oxygens (including phenoxy) is 1. The highest BCUT2D eigenvalue weighted by Gasteiger charge is 2.60. The van der Waals surface area contributed by atoms with Crippen LogP contribution in [0.25, 0.3) is 0 Å². The minimum Gasteiger partial charge on any atom is -0.511 e. The van der Waals surface area contributed by atoms with E-state index in [9.17, 15) is 34.8 Å². The van der Waals surface area contributed by atoms with Gasteiger partial charge in [0.05, 0.1) is 12.7 Å². The van der Waals surface area contributed by atoms with Crippen molar-refractivity contribution in [1.29, 1.82) is 0 Å². The highest BCUT2D eigenvalue weighted by Crippen LogP contribution is 2.61. The van der Waals surface area contributed by atoms with Crippen LogP contribution in [0.15, 0.2) is 28.7 Å². The first-order valence-corrected chi connectivity index (χ1v) is 14.4. The number of nitrogens with one attached hydrogen (secondary N) is 1. The fraction of sp³-hybridized carbons (Fsp3) is 0.581. The standard InChI is InChI=1S/C31H38N2O8/c1-30(2)16-5-4-13(19(30)9-16)11-33-12-15-8-20(34)23-18(26(15)41-3)7-14-6-17-10-21(35)24(29(32)39)28(38)31(17,40)27(37)22(14)25(23)36/h8,13-14,16-17,19,33-35,37,40H,4-7,9-12H2,1-3H3,(H2,32,39)/t13-,14?,16?,17-,19?,31-/m0/s1. The lowest BCUT2D eigenvalue weighted by Crippen LogP contribution is -2.57. The molecule has 1 amide bonds. The summed E-state index contributed by atoms with van der Waals surface area (Å²) >= 11 is 0. The number of aliphatic hydroxyl groups is 3. The molecular formula is C31H38N2O8. The maximum absolute atomic E-state index is 13.8. The maximum Gasteiger partial charge on any atom is 0.255 e. The van der Waals surface area contributed by atoms with Crippen LogP contribution in [0.5, 0.6) is 11.5 Å². The van der Waals surface area contributed by atoms with Gasteiger partial charge in [-0.05, 0) is 73.8 Å². The summed E-state index contributed by atoms with van der Waals surface area (Å²) in [5.41, 5.74) is 3.26. The van der Waals surface area contributed by atoms with Gasteiger partial charge < -0.3 is 36.2 Å². The van der Waals surface area contributed by atoms with Crippen LogP contribution in [0.1, 0.15) is 67.4 Å². The Hall–Kier alpha value is -3.37. The second-order valence-electron chi connectivity index (χ2n) is 13.2. The van der Waals surface area contributed by atoms with E-state index in [4.69, 9.17) is 10.5 Å². The van der Waals surface area contributed by atoms with Crippen molar-refractivity contribution in [3.05, 3.63) is 45.4 Å². The van der Waals surface area contributed by atoms with Gasteiger partial charge in [-0.1, -0.05) is 13.8 Å². The third-order valence-corrected chi connectivity index (χ3v) is 11.0. The molecule has 7 rings (SSSR count). The number of rotatable bonds is 6. The topological polar surface area (TPSA) is 179 Å². The van der Waals surface area contributed by atoms with Gasteiger partial charge in [-0.2, -0.15) is 0 Å². The number of methoxy groups -OCH3 is 1. The smallest absolute Gasteiger partial charge is 0.255 e. The van der Waals surface area contributed by atoms with Crippen LogP contribution in [0.2, 0.25) is 0 Å². The number of fused-ring (bicyclic) bond motifs is 5. The third kappa shape index (κ3) is 3.79. The van der Waals surface area contributed by atoms with Crippen LogP contribution < -0.4 is 15.8 Å². The fourth-order valence-electron chi connectivity index (χ4n) is 8.72. The molecule has 1 aromatic rings. The lowest BCUT2D eigenvalue weighted by atomic mass is 9.45. The van der Waals surface area contributed by atoms with Crippen molar-refractivity contribution >= 4 is 17.5 Å². The predicted molar refractivity (Wildman–Crippen MR) is 147 cm³/mol. The number of Topliss-reactive ketones (excluding diaryl/α,β-unsaturated/α-hetero) is 2. The van der Waals surface area contributed by atoms with Crippen molar-refractivity contribution in [2.45, 2.75) is 64.5 Å². The Bertz CT molecular complexity index is 1440. The molecule has 10 nitrogen and oxygen atoms in total. The number of nitrogens with two attached hydrogens (primary N) is 1. The number of phenolic OH excluding ortho intramolecular Hbond substituents is 1. The van der Waals surface area contributed by atoms with E-state index < -0.39 is 52.0 Å². The number of amides is 1. The molecule has 0 saturated heterocycles. The molecule has 6 aliphatic carbocycles. The van der Waals surface area contributed by atoms with Crippen molar-refractivity contribution in [1.82, 2.24) is 5.32 Å². The number of benzene rings is 1. The number of carbonyl (C=O) groups excluding carboxylic acids is 3. The lowest BCUT2D eigenvalue weighted by molar-refractivity contribution is -0.144. The summed E-state index contributed by atoms with van der Waals surface area (Å²) in [4.78, 5) is 38.7. The number of phenols is 1. The Morgan fingerprint density at radius 2 is 1.85 bits per heavy atom. The summed E-state index contributed by atoms with van der Waals surface area (Å²) in [6.07, 6.45) is 3.77. The first kappa shape index (κ1) is 27.8. The number of aromatic hydroxyl groups is 1. The summed E-state index contributed by atoms with van der Waals surface area (Å²) in [6, 6.07) is 1.49. The van der Waals surface area contributed by atoms with Gasteiger partial charge in [-0.15, -0.1) is 0 Å². The van der Waals surface area contributed by atoms with Crippen LogP contribution in [0.3, 0.4) is 0 Å². The molecule has 0 heterocycles. The Morgan fingerprint density at radius 3 is 2.49 bits per heavy atom.